The minimum absolute atomic E-state index is 0.0590. The van der Waals surface area contributed by atoms with Crippen LogP contribution in [0.3, 0.4) is 0 Å². The molecule has 1 atom stereocenters. The van der Waals surface area contributed by atoms with Gasteiger partial charge in [0.2, 0.25) is 0 Å². The van der Waals surface area contributed by atoms with Crippen molar-refractivity contribution in [3.05, 3.63) is 95.2 Å². The van der Waals surface area contributed by atoms with E-state index < -0.39 is 29.9 Å². The van der Waals surface area contributed by atoms with Crippen LogP contribution in [0.5, 0.6) is 0 Å². The Hall–Kier alpha value is -4.60. The van der Waals surface area contributed by atoms with Gasteiger partial charge < -0.3 is 14.4 Å². The van der Waals surface area contributed by atoms with Crippen molar-refractivity contribution >= 4 is 17.7 Å². The molecular weight excluding hydrogens is 501 g/mol. The first-order valence-electron chi connectivity index (χ1n) is 11.5. The number of aromatic nitrogens is 1. The molecule has 196 valence electrons. The number of benzene rings is 3. The van der Waals surface area contributed by atoms with Gasteiger partial charge in [-0.1, -0.05) is 71.9 Å². The van der Waals surface area contributed by atoms with Crippen molar-refractivity contribution < 1.29 is 37.1 Å². The first-order valence-corrected chi connectivity index (χ1v) is 11.5. The molecule has 0 bridgehead atoms. The van der Waals surface area contributed by atoms with Crippen LogP contribution in [0, 0.1) is 6.92 Å². The molecule has 7 nitrogen and oxygen atoms in total. The molecule has 0 saturated heterocycles. The second-order valence-electron chi connectivity index (χ2n) is 8.56. The van der Waals surface area contributed by atoms with E-state index >= 15 is 0 Å². The van der Waals surface area contributed by atoms with Gasteiger partial charge in [-0.25, -0.2) is 4.79 Å². The summed E-state index contributed by atoms with van der Waals surface area (Å²) in [6, 6.07) is 19.3. The number of carbonyl (C=O) groups is 2. The molecule has 3 aromatic carbocycles. The van der Waals surface area contributed by atoms with E-state index in [1.165, 1.54) is 25.1 Å². The molecule has 0 spiro atoms. The summed E-state index contributed by atoms with van der Waals surface area (Å²) in [5, 5.41) is 15.5. The van der Waals surface area contributed by atoms with E-state index in [4.69, 9.17) is 14.4 Å². The molecular formula is C28H23F3N2O5. The molecule has 0 aliphatic carbocycles. The molecule has 38 heavy (non-hydrogen) atoms. The molecule has 1 amide bonds. The summed E-state index contributed by atoms with van der Waals surface area (Å²) in [6.45, 7) is 2.94. The normalized spacial score (nSPS) is 12.1. The van der Waals surface area contributed by atoms with Gasteiger partial charge in [0.05, 0.1) is 12.0 Å². The molecule has 1 unspecified atom stereocenters. The summed E-state index contributed by atoms with van der Waals surface area (Å²) in [4.78, 5) is 23.5. The van der Waals surface area contributed by atoms with Crippen LogP contribution in [0.1, 0.15) is 35.5 Å². The largest absolute Gasteiger partial charge is 0.481 e. The smallest absolute Gasteiger partial charge is 0.416 e. The summed E-state index contributed by atoms with van der Waals surface area (Å²) in [5.41, 5.74) is 2.60. The van der Waals surface area contributed by atoms with Gasteiger partial charge in [0.15, 0.2) is 5.76 Å². The molecule has 4 aromatic rings. The minimum Gasteiger partial charge on any atom is -0.481 e. The van der Waals surface area contributed by atoms with Crippen molar-refractivity contribution in [1.82, 2.24) is 5.16 Å². The van der Waals surface area contributed by atoms with Gasteiger partial charge in [-0.3, -0.25) is 10.1 Å². The second-order valence-corrected chi connectivity index (χ2v) is 8.56. The van der Waals surface area contributed by atoms with Crippen LogP contribution in [0.2, 0.25) is 0 Å². The number of carbonyl (C=O) groups excluding carboxylic acids is 1. The second kappa shape index (κ2) is 10.8. The van der Waals surface area contributed by atoms with Gasteiger partial charge in [-0.15, -0.1) is 0 Å². The Morgan fingerprint density at radius 3 is 2.16 bits per heavy atom. The maximum atomic E-state index is 13.3. The number of nitrogens with one attached hydrogen (secondary N) is 1. The van der Waals surface area contributed by atoms with Crippen LogP contribution in [-0.2, 0) is 22.1 Å². The van der Waals surface area contributed by atoms with Gasteiger partial charge in [0.25, 0.3) is 0 Å². The molecule has 0 radical (unpaired) electrons. The molecule has 1 heterocycles. The number of nitrogens with zero attached hydrogens (tertiary/aromatic N) is 1. The molecule has 0 aliphatic rings. The molecule has 4 rings (SSSR count). The quantitative estimate of drug-likeness (QED) is 0.264. The lowest BCUT2D eigenvalue weighted by Gasteiger charge is -2.19. The third-order valence-electron chi connectivity index (χ3n) is 5.88. The number of aliphatic carboxylic acids is 1. The average Bonchev–Trinajstić information content (AvgIpc) is 3.23. The Labute approximate surface area is 215 Å². The topological polar surface area (TPSA) is 102 Å². The highest BCUT2D eigenvalue weighted by Crippen LogP contribution is 2.36. The van der Waals surface area contributed by atoms with Crippen molar-refractivity contribution in [2.75, 3.05) is 5.32 Å². The van der Waals surface area contributed by atoms with Gasteiger partial charge in [-0.05, 0) is 36.6 Å². The molecule has 1 aromatic heterocycles. The molecule has 0 saturated carbocycles. The fraction of sp³-hybridized carbons (Fsp3) is 0.179. The number of hydrogen-bond donors (Lipinski definition) is 2. The predicted octanol–water partition coefficient (Wildman–Crippen LogP) is 7.27. The first kappa shape index (κ1) is 26.5. The fourth-order valence-electron chi connectivity index (χ4n) is 3.99. The van der Waals surface area contributed by atoms with Gasteiger partial charge in [-0.2, -0.15) is 13.2 Å². The van der Waals surface area contributed by atoms with E-state index in [-0.39, 0.29) is 17.7 Å². The fourth-order valence-corrected chi connectivity index (χ4v) is 3.99. The Kier molecular flexibility index (Phi) is 7.52. The van der Waals surface area contributed by atoms with E-state index in [1.54, 1.807) is 31.2 Å². The van der Waals surface area contributed by atoms with Gasteiger partial charge >= 0.3 is 18.2 Å². The molecule has 0 fully saturated rings. The number of anilines is 1. The van der Waals surface area contributed by atoms with Crippen LogP contribution < -0.4 is 5.32 Å². The van der Waals surface area contributed by atoms with Crippen LogP contribution >= 0.6 is 0 Å². The number of halogens is 3. The standard InChI is InChI=1S/C28H23F3N2O5/c1-16(22-5-3-4-6-23(22)28(29,30)31)37-27(36)32-25-17(2)38-33-26(25)21-13-11-20(12-14-21)19-9-7-18(8-10-19)15-24(34)35/h3-14,16H,15H2,1-2H3,(H,32,36)(H,34,35). The van der Waals surface area contributed by atoms with Gasteiger partial charge in [0.1, 0.15) is 17.5 Å². The van der Waals surface area contributed by atoms with Crippen molar-refractivity contribution in [3.8, 4) is 22.4 Å². The molecule has 10 heteroatoms. The number of carboxylic acids is 1. The number of amides is 1. The third-order valence-corrected chi connectivity index (χ3v) is 5.88. The van der Waals surface area contributed by atoms with Crippen molar-refractivity contribution in [2.24, 2.45) is 0 Å². The summed E-state index contributed by atoms with van der Waals surface area (Å²) in [5.74, 6) is -0.614. The number of rotatable bonds is 7. The van der Waals surface area contributed by atoms with Gasteiger partial charge in [0, 0.05) is 11.1 Å². The number of aryl methyl sites for hydroxylation is 1. The maximum absolute atomic E-state index is 13.3. The Morgan fingerprint density at radius 2 is 1.55 bits per heavy atom. The van der Waals surface area contributed by atoms with E-state index in [2.05, 4.69) is 10.5 Å². The summed E-state index contributed by atoms with van der Waals surface area (Å²) >= 11 is 0. The maximum Gasteiger partial charge on any atom is 0.416 e. The van der Waals surface area contributed by atoms with Crippen LogP contribution in [0.25, 0.3) is 22.4 Å². The molecule has 2 N–H and O–H groups in total. The Bertz CT molecular complexity index is 1440. The van der Waals surface area contributed by atoms with E-state index in [0.717, 1.165) is 17.2 Å². The minimum atomic E-state index is -4.59. The zero-order valence-electron chi connectivity index (χ0n) is 20.4. The summed E-state index contributed by atoms with van der Waals surface area (Å²) < 4.78 is 50.5. The van der Waals surface area contributed by atoms with Crippen molar-refractivity contribution in [1.29, 1.82) is 0 Å². The number of ether oxygens (including phenoxy) is 1. The zero-order valence-corrected chi connectivity index (χ0v) is 20.4. The SMILES string of the molecule is Cc1onc(-c2ccc(-c3ccc(CC(=O)O)cc3)cc2)c1NC(=O)OC(C)c1ccccc1C(F)(F)F. The number of alkyl halides is 3. The highest BCUT2D eigenvalue weighted by molar-refractivity contribution is 5.91. The zero-order chi connectivity index (χ0) is 27.4. The molecule has 0 aliphatic heterocycles. The Morgan fingerprint density at radius 1 is 0.974 bits per heavy atom. The lowest BCUT2D eigenvalue weighted by atomic mass is 10.0. The predicted molar refractivity (Wildman–Crippen MR) is 133 cm³/mol. The monoisotopic (exact) mass is 524 g/mol. The van der Waals surface area contributed by atoms with Crippen LogP contribution in [0.4, 0.5) is 23.7 Å². The van der Waals surface area contributed by atoms with Crippen LogP contribution in [-0.4, -0.2) is 22.3 Å². The van der Waals surface area contributed by atoms with Crippen molar-refractivity contribution in [3.63, 3.8) is 0 Å². The highest BCUT2D eigenvalue weighted by atomic mass is 19.4. The van der Waals surface area contributed by atoms with Crippen molar-refractivity contribution in [2.45, 2.75) is 32.5 Å². The average molecular weight is 524 g/mol. The Balaban J connectivity index is 1.49. The van der Waals surface area contributed by atoms with Crippen LogP contribution in [0.15, 0.2) is 77.3 Å². The lowest BCUT2D eigenvalue weighted by Crippen LogP contribution is -2.19. The number of hydrogen-bond acceptors (Lipinski definition) is 5. The highest BCUT2D eigenvalue weighted by Gasteiger charge is 2.35. The summed E-state index contributed by atoms with van der Waals surface area (Å²) in [6.07, 6.45) is -6.77. The van der Waals surface area contributed by atoms with E-state index in [1.807, 2.05) is 24.3 Å². The summed E-state index contributed by atoms with van der Waals surface area (Å²) in [7, 11) is 0. The first-order chi connectivity index (χ1) is 18.0. The van der Waals surface area contributed by atoms with E-state index in [9.17, 15) is 22.8 Å². The third kappa shape index (κ3) is 6.03. The lowest BCUT2D eigenvalue weighted by molar-refractivity contribution is -0.139. The van der Waals surface area contributed by atoms with E-state index in [0.29, 0.717) is 22.6 Å². The number of carboxylic acid groups (broad SMARTS) is 1.